The van der Waals surface area contributed by atoms with Crippen molar-refractivity contribution in [1.82, 2.24) is 5.43 Å². The fourth-order valence-corrected chi connectivity index (χ4v) is 4.87. The van der Waals surface area contributed by atoms with Gasteiger partial charge in [-0.3, -0.25) is 10.2 Å². The molecule has 1 saturated heterocycles. The number of carbonyl (C=O) groups is 1. The topological polar surface area (TPSA) is 114 Å². The summed E-state index contributed by atoms with van der Waals surface area (Å²) in [7, 11) is 0. The average molecular weight is 463 g/mol. The van der Waals surface area contributed by atoms with Gasteiger partial charge in [-0.15, -0.1) is 0 Å². The van der Waals surface area contributed by atoms with Crippen molar-refractivity contribution in [2.24, 2.45) is 5.84 Å². The summed E-state index contributed by atoms with van der Waals surface area (Å²) >= 11 is 0. The smallest absolute Gasteiger partial charge is 0.265 e. The Kier molecular flexibility index (Phi) is 6.84. The number of rotatable bonds is 7. The monoisotopic (exact) mass is 462 g/mol. The molecule has 1 aliphatic heterocycles. The number of nitrogens with two attached hydrogens (primary N) is 1. The van der Waals surface area contributed by atoms with Crippen molar-refractivity contribution in [1.29, 1.82) is 0 Å². The molecule has 1 heterocycles. The molecule has 0 spiro atoms. The van der Waals surface area contributed by atoms with Gasteiger partial charge >= 0.3 is 0 Å². The molecule has 0 radical (unpaired) electrons. The zero-order valence-corrected chi connectivity index (χ0v) is 19.2. The van der Waals surface area contributed by atoms with Crippen LogP contribution in [0.3, 0.4) is 0 Å². The molecule has 3 aromatic rings. The normalized spacial score (nSPS) is 21.6. The summed E-state index contributed by atoms with van der Waals surface area (Å²) in [5, 5.41) is 23.7. The standard InChI is InChI=1S/C27H30N2O5/c1-26(2)33-22(23(34-26)25(32)29-28)21(30)24(31)27(18-12-6-3-7-13-18,19-14-8-4-9-15-19)20-16-10-5-11-17-20/h3-17,21-24,30-31H,28H2,1-2H3,(H,29,32)/t21-,22+,23+,24?/m0/s1. The summed E-state index contributed by atoms with van der Waals surface area (Å²) in [5.74, 6) is 3.56. The van der Waals surface area contributed by atoms with Gasteiger partial charge in [0, 0.05) is 0 Å². The summed E-state index contributed by atoms with van der Waals surface area (Å²) < 4.78 is 11.7. The number of aliphatic hydroxyl groups is 2. The predicted molar refractivity (Wildman–Crippen MR) is 127 cm³/mol. The highest BCUT2D eigenvalue weighted by Crippen LogP contribution is 2.45. The third-order valence-electron chi connectivity index (χ3n) is 6.32. The van der Waals surface area contributed by atoms with Gasteiger partial charge < -0.3 is 19.7 Å². The Morgan fingerprint density at radius 2 is 1.26 bits per heavy atom. The highest BCUT2D eigenvalue weighted by Gasteiger charge is 2.55. The first-order valence-corrected chi connectivity index (χ1v) is 11.2. The van der Waals surface area contributed by atoms with E-state index in [1.165, 1.54) is 0 Å². The molecular weight excluding hydrogens is 432 g/mol. The molecule has 1 amide bonds. The van der Waals surface area contributed by atoms with E-state index in [4.69, 9.17) is 15.3 Å². The number of amides is 1. The van der Waals surface area contributed by atoms with Gasteiger partial charge in [-0.1, -0.05) is 91.0 Å². The Labute approximate surface area is 199 Å². The van der Waals surface area contributed by atoms with E-state index in [-0.39, 0.29) is 0 Å². The van der Waals surface area contributed by atoms with E-state index in [0.717, 1.165) is 16.7 Å². The van der Waals surface area contributed by atoms with Crippen molar-refractivity contribution >= 4 is 5.91 Å². The van der Waals surface area contributed by atoms with Crippen LogP contribution in [0.1, 0.15) is 30.5 Å². The Morgan fingerprint density at radius 1 is 0.853 bits per heavy atom. The molecule has 1 aliphatic rings. The van der Waals surface area contributed by atoms with Crippen LogP contribution in [0.2, 0.25) is 0 Å². The van der Waals surface area contributed by atoms with Crippen molar-refractivity contribution in [3.05, 3.63) is 108 Å². The summed E-state index contributed by atoms with van der Waals surface area (Å²) in [4.78, 5) is 12.5. The molecule has 0 aromatic heterocycles. The van der Waals surface area contributed by atoms with E-state index in [2.05, 4.69) is 5.43 Å². The van der Waals surface area contributed by atoms with Crippen LogP contribution < -0.4 is 11.3 Å². The highest BCUT2D eigenvalue weighted by atomic mass is 16.8. The minimum atomic E-state index is -1.51. The van der Waals surface area contributed by atoms with Crippen molar-refractivity contribution in [2.45, 2.75) is 49.5 Å². The lowest BCUT2D eigenvalue weighted by Crippen LogP contribution is -2.56. The van der Waals surface area contributed by atoms with Crippen LogP contribution in [0.5, 0.6) is 0 Å². The minimum Gasteiger partial charge on any atom is -0.389 e. The highest BCUT2D eigenvalue weighted by molar-refractivity contribution is 5.81. The second kappa shape index (κ2) is 9.66. The molecule has 0 saturated carbocycles. The average Bonchev–Trinajstić information content (AvgIpc) is 3.21. The lowest BCUT2D eigenvalue weighted by Gasteiger charge is -2.43. The molecule has 0 bridgehead atoms. The molecule has 3 aromatic carbocycles. The van der Waals surface area contributed by atoms with Gasteiger partial charge in [0.25, 0.3) is 5.91 Å². The van der Waals surface area contributed by atoms with Crippen LogP contribution in [-0.4, -0.2) is 46.3 Å². The van der Waals surface area contributed by atoms with Crippen LogP contribution in [0, 0.1) is 0 Å². The van der Waals surface area contributed by atoms with E-state index in [1.807, 2.05) is 91.0 Å². The zero-order chi connectivity index (χ0) is 24.3. The van der Waals surface area contributed by atoms with Gasteiger partial charge in [0.05, 0.1) is 5.41 Å². The maximum absolute atomic E-state index is 12.5. The number of hydrogen-bond donors (Lipinski definition) is 4. The van der Waals surface area contributed by atoms with Crippen molar-refractivity contribution in [3.63, 3.8) is 0 Å². The van der Waals surface area contributed by atoms with E-state index in [0.29, 0.717) is 0 Å². The number of benzene rings is 3. The molecule has 7 nitrogen and oxygen atoms in total. The Balaban J connectivity index is 1.91. The number of hydrogen-bond acceptors (Lipinski definition) is 6. The van der Waals surface area contributed by atoms with Crippen molar-refractivity contribution in [2.75, 3.05) is 0 Å². The fraction of sp³-hybridized carbons (Fsp3) is 0.296. The van der Waals surface area contributed by atoms with E-state index >= 15 is 0 Å². The first kappa shape index (κ1) is 24.1. The molecule has 34 heavy (non-hydrogen) atoms. The lowest BCUT2D eigenvalue weighted by molar-refractivity contribution is -0.166. The molecule has 5 N–H and O–H groups in total. The summed E-state index contributed by atoms with van der Waals surface area (Å²) in [5.41, 5.74) is 3.21. The van der Waals surface area contributed by atoms with Gasteiger partial charge in [0.2, 0.25) is 0 Å². The number of carbonyl (C=O) groups excluding carboxylic acids is 1. The van der Waals surface area contributed by atoms with Gasteiger partial charge in [-0.05, 0) is 30.5 Å². The van der Waals surface area contributed by atoms with Crippen LogP contribution in [0.25, 0.3) is 0 Å². The Hall–Kier alpha value is -3.07. The molecule has 4 atom stereocenters. The molecule has 4 rings (SSSR count). The number of nitrogens with one attached hydrogen (secondary N) is 1. The van der Waals surface area contributed by atoms with Crippen molar-refractivity contribution in [3.8, 4) is 0 Å². The summed E-state index contributed by atoms with van der Waals surface area (Å²) in [6.07, 6.45) is -5.30. The molecule has 1 unspecified atom stereocenters. The Morgan fingerprint density at radius 3 is 1.65 bits per heavy atom. The zero-order valence-electron chi connectivity index (χ0n) is 19.2. The molecule has 1 fully saturated rings. The van der Waals surface area contributed by atoms with Gasteiger partial charge in [0.1, 0.15) is 18.3 Å². The fourth-order valence-electron chi connectivity index (χ4n) is 4.87. The Bertz CT molecular complexity index is 995. The van der Waals surface area contributed by atoms with E-state index in [9.17, 15) is 15.0 Å². The molecule has 178 valence electrons. The summed E-state index contributed by atoms with van der Waals surface area (Å²) in [6, 6.07) is 28.5. The number of ether oxygens (including phenoxy) is 2. The minimum absolute atomic E-state index is 0.647. The third kappa shape index (κ3) is 4.24. The quantitative estimate of drug-likeness (QED) is 0.185. The molecule has 7 heteroatoms. The van der Waals surface area contributed by atoms with Crippen LogP contribution in [0.4, 0.5) is 0 Å². The van der Waals surface area contributed by atoms with Gasteiger partial charge in [0.15, 0.2) is 11.9 Å². The number of hydrazine groups is 1. The lowest BCUT2D eigenvalue weighted by atomic mass is 9.64. The predicted octanol–water partition coefficient (Wildman–Crippen LogP) is 2.25. The van der Waals surface area contributed by atoms with Crippen LogP contribution in [0.15, 0.2) is 91.0 Å². The van der Waals surface area contributed by atoms with Gasteiger partial charge in [-0.25, -0.2) is 5.84 Å². The maximum atomic E-state index is 12.5. The van der Waals surface area contributed by atoms with Gasteiger partial charge in [-0.2, -0.15) is 0 Å². The first-order valence-electron chi connectivity index (χ1n) is 11.2. The third-order valence-corrected chi connectivity index (χ3v) is 6.32. The first-order chi connectivity index (χ1) is 16.3. The maximum Gasteiger partial charge on any atom is 0.265 e. The second-order valence-corrected chi connectivity index (χ2v) is 8.87. The van der Waals surface area contributed by atoms with Crippen LogP contribution >= 0.6 is 0 Å². The van der Waals surface area contributed by atoms with Crippen molar-refractivity contribution < 1.29 is 24.5 Å². The van der Waals surface area contributed by atoms with Crippen LogP contribution in [-0.2, 0) is 19.7 Å². The molecule has 0 aliphatic carbocycles. The second-order valence-electron chi connectivity index (χ2n) is 8.87. The number of aliphatic hydroxyl groups excluding tert-OH is 2. The van der Waals surface area contributed by atoms with E-state index < -0.39 is 41.5 Å². The largest absolute Gasteiger partial charge is 0.389 e. The van der Waals surface area contributed by atoms with E-state index in [1.54, 1.807) is 13.8 Å². The molecular formula is C27H30N2O5. The summed E-state index contributed by atoms with van der Waals surface area (Å²) in [6.45, 7) is 3.28. The SMILES string of the molecule is CC1(C)O[C@H]([C@H](O)C(O)C(c2ccccc2)(c2ccccc2)c2ccccc2)[C@H](C(=O)NN)O1.